The van der Waals surface area contributed by atoms with Gasteiger partial charge in [0.15, 0.2) is 0 Å². The number of hydrogen-bond donors (Lipinski definition) is 1. The average Bonchev–Trinajstić information content (AvgIpc) is 2.29. The molecule has 1 aliphatic rings. The minimum Gasteiger partial charge on any atom is -0.398 e. The summed E-state index contributed by atoms with van der Waals surface area (Å²) in [5.74, 6) is 0.704. The molecule has 17 heavy (non-hydrogen) atoms. The zero-order chi connectivity index (χ0) is 12.4. The molecule has 1 aromatic rings. The van der Waals surface area contributed by atoms with Gasteiger partial charge in [0.05, 0.1) is 5.56 Å². The molecule has 1 amide bonds. The number of carbonyl (C=O) groups excluding carboxylic acids is 1. The normalized spacial score (nSPS) is 24.7. The predicted octanol–water partition coefficient (Wildman–Crippen LogP) is 1.92. The van der Waals surface area contributed by atoms with E-state index in [2.05, 4.69) is 18.8 Å². The second-order valence-electron chi connectivity index (χ2n) is 4.94. The molecule has 2 heterocycles. The van der Waals surface area contributed by atoms with Crippen molar-refractivity contribution in [2.75, 3.05) is 12.3 Å². The van der Waals surface area contributed by atoms with E-state index < -0.39 is 0 Å². The van der Waals surface area contributed by atoms with Crippen LogP contribution in [0.5, 0.6) is 0 Å². The van der Waals surface area contributed by atoms with Crippen molar-refractivity contribution in [3.05, 3.63) is 24.0 Å². The number of anilines is 1. The quantitative estimate of drug-likeness (QED) is 0.806. The van der Waals surface area contributed by atoms with E-state index in [1.165, 1.54) is 0 Å². The average molecular weight is 233 g/mol. The van der Waals surface area contributed by atoms with Crippen LogP contribution in [-0.2, 0) is 0 Å². The second kappa shape index (κ2) is 4.73. The van der Waals surface area contributed by atoms with Gasteiger partial charge in [0.1, 0.15) is 0 Å². The first kappa shape index (κ1) is 11.9. The van der Waals surface area contributed by atoms with Gasteiger partial charge in [-0.2, -0.15) is 0 Å². The highest BCUT2D eigenvalue weighted by Crippen LogP contribution is 2.24. The van der Waals surface area contributed by atoms with E-state index in [0.717, 1.165) is 19.4 Å². The Hall–Kier alpha value is -1.58. The number of nitrogens with zero attached hydrogens (tertiary/aromatic N) is 2. The largest absolute Gasteiger partial charge is 0.398 e. The van der Waals surface area contributed by atoms with Crippen molar-refractivity contribution < 1.29 is 4.79 Å². The summed E-state index contributed by atoms with van der Waals surface area (Å²) in [6.45, 7) is 5.15. The Morgan fingerprint density at radius 1 is 1.53 bits per heavy atom. The Kier molecular flexibility index (Phi) is 3.31. The van der Waals surface area contributed by atoms with Crippen molar-refractivity contribution in [1.29, 1.82) is 0 Å². The van der Waals surface area contributed by atoms with Crippen LogP contribution in [0.2, 0.25) is 0 Å². The summed E-state index contributed by atoms with van der Waals surface area (Å²) in [6.07, 6.45) is 5.29. The highest BCUT2D eigenvalue weighted by Gasteiger charge is 2.28. The van der Waals surface area contributed by atoms with Crippen LogP contribution >= 0.6 is 0 Å². The molecule has 0 aliphatic carbocycles. The van der Waals surface area contributed by atoms with E-state index >= 15 is 0 Å². The van der Waals surface area contributed by atoms with Gasteiger partial charge in [0.2, 0.25) is 0 Å². The fourth-order valence-electron chi connectivity index (χ4n) is 2.45. The zero-order valence-corrected chi connectivity index (χ0v) is 10.4. The highest BCUT2D eigenvalue weighted by molar-refractivity contribution is 5.98. The first-order valence-corrected chi connectivity index (χ1v) is 6.10. The van der Waals surface area contributed by atoms with Crippen LogP contribution < -0.4 is 5.73 Å². The third-order valence-electron chi connectivity index (χ3n) is 3.48. The van der Waals surface area contributed by atoms with Crippen LogP contribution in [0.1, 0.15) is 37.0 Å². The van der Waals surface area contributed by atoms with Crippen LogP contribution in [0.25, 0.3) is 0 Å². The number of pyridine rings is 1. The lowest BCUT2D eigenvalue weighted by molar-refractivity contribution is 0.0589. The Bertz CT molecular complexity index is 419. The molecule has 1 aliphatic heterocycles. The summed E-state index contributed by atoms with van der Waals surface area (Å²) >= 11 is 0. The second-order valence-corrected chi connectivity index (χ2v) is 4.94. The van der Waals surface area contributed by atoms with Crippen molar-refractivity contribution in [2.24, 2.45) is 5.92 Å². The number of rotatable bonds is 1. The van der Waals surface area contributed by atoms with E-state index in [4.69, 9.17) is 5.73 Å². The maximum absolute atomic E-state index is 12.3. The van der Waals surface area contributed by atoms with Crippen LogP contribution in [0, 0.1) is 5.92 Å². The number of likely N-dealkylation sites (tertiary alicyclic amines) is 1. The fourth-order valence-corrected chi connectivity index (χ4v) is 2.45. The summed E-state index contributed by atoms with van der Waals surface area (Å²) in [6, 6.07) is 1.95. The lowest BCUT2D eigenvalue weighted by Gasteiger charge is -2.36. The topological polar surface area (TPSA) is 59.2 Å². The van der Waals surface area contributed by atoms with Crippen LogP contribution in [0.4, 0.5) is 5.69 Å². The Balaban J connectivity index is 2.18. The van der Waals surface area contributed by atoms with Gasteiger partial charge in [-0.3, -0.25) is 9.78 Å². The smallest absolute Gasteiger partial charge is 0.257 e. The zero-order valence-electron chi connectivity index (χ0n) is 10.4. The number of nitrogen functional groups attached to an aromatic ring is 1. The third-order valence-corrected chi connectivity index (χ3v) is 3.48. The molecule has 92 valence electrons. The van der Waals surface area contributed by atoms with E-state index in [1.807, 2.05) is 4.90 Å². The molecule has 0 spiro atoms. The van der Waals surface area contributed by atoms with E-state index in [9.17, 15) is 4.79 Å². The van der Waals surface area contributed by atoms with Gasteiger partial charge in [0, 0.05) is 30.7 Å². The number of aromatic nitrogens is 1. The molecule has 2 N–H and O–H groups in total. The number of amides is 1. The van der Waals surface area contributed by atoms with Crippen molar-refractivity contribution in [1.82, 2.24) is 9.88 Å². The van der Waals surface area contributed by atoms with E-state index in [1.54, 1.807) is 18.5 Å². The number of nitrogens with two attached hydrogens (primary N) is 1. The summed E-state index contributed by atoms with van der Waals surface area (Å²) < 4.78 is 0. The molecule has 4 nitrogen and oxygen atoms in total. The van der Waals surface area contributed by atoms with Crippen molar-refractivity contribution in [2.45, 2.75) is 32.7 Å². The maximum Gasteiger partial charge on any atom is 0.257 e. The molecule has 0 bridgehead atoms. The van der Waals surface area contributed by atoms with Crippen LogP contribution in [0.3, 0.4) is 0 Å². The summed E-state index contributed by atoms with van der Waals surface area (Å²) in [7, 11) is 0. The predicted molar refractivity (Wildman–Crippen MR) is 67.5 cm³/mol. The van der Waals surface area contributed by atoms with Crippen molar-refractivity contribution in [3.63, 3.8) is 0 Å². The van der Waals surface area contributed by atoms with Gasteiger partial charge in [0.25, 0.3) is 5.91 Å². The lowest BCUT2D eigenvalue weighted by Crippen LogP contribution is -2.44. The molecule has 1 aromatic heterocycles. The lowest BCUT2D eigenvalue weighted by atomic mass is 9.93. The molecule has 4 heteroatoms. The van der Waals surface area contributed by atoms with E-state index in [-0.39, 0.29) is 11.9 Å². The minimum atomic E-state index is 0.00926. The standard InChI is InChI=1S/C13H19N3O/c1-9-4-6-16(10(2)7-9)13(17)11-8-15-5-3-12(11)14/h3,5,8-10H,4,6-7H2,1-2H3,(H2,14,15). The molecular weight excluding hydrogens is 214 g/mol. The first-order valence-electron chi connectivity index (χ1n) is 6.10. The SMILES string of the molecule is CC1CCN(C(=O)c2cnccc2N)C(C)C1. The van der Waals surface area contributed by atoms with Crippen molar-refractivity contribution >= 4 is 11.6 Å². The summed E-state index contributed by atoms with van der Waals surface area (Å²) in [5, 5.41) is 0. The van der Waals surface area contributed by atoms with E-state index in [0.29, 0.717) is 17.2 Å². The summed E-state index contributed by atoms with van der Waals surface area (Å²) in [5.41, 5.74) is 6.85. The molecular formula is C13H19N3O. The van der Waals surface area contributed by atoms with Gasteiger partial charge in [-0.05, 0) is 31.7 Å². The van der Waals surface area contributed by atoms with Gasteiger partial charge < -0.3 is 10.6 Å². The molecule has 1 saturated heterocycles. The Labute approximate surface area is 102 Å². The Morgan fingerprint density at radius 2 is 2.29 bits per heavy atom. The van der Waals surface area contributed by atoms with Gasteiger partial charge >= 0.3 is 0 Å². The van der Waals surface area contributed by atoms with Crippen LogP contribution in [0.15, 0.2) is 18.5 Å². The first-order chi connectivity index (χ1) is 8.09. The third kappa shape index (κ3) is 2.40. The summed E-state index contributed by atoms with van der Waals surface area (Å²) in [4.78, 5) is 18.2. The monoisotopic (exact) mass is 233 g/mol. The molecule has 0 radical (unpaired) electrons. The minimum absolute atomic E-state index is 0.00926. The molecule has 1 fully saturated rings. The molecule has 2 rings (SSSR count). The van der Waals surface area contributed by atoms with Gasteiger partial charge in [-0.25, -0.2) is 0 Å². The highest BCUT2D eigenvalue weighted by atomic mass is 16.2. The number of carbonyl (C=O) groups is 1. The molecule has 0 saturated carbocycles. The molecule has 2 atom stereocenters. The fraction of sp³-hybridized carbons (Fsp3) is 0.538. The van der Waals surface area contributed by atoms with Gasteiger partial charge in [-0.1, -0.05) is 6.92 Å². The molecule has 2 unspecified atom stereocenters. The number of hydrogen-bond acceptors (Lipinski definition) is 3. The van der Waals surface area contributed by atoms with Gasteiger partial charge in [-0.15, -0.1) is 0 Å². The number of piperidine rings is 1. The Morgan fingerprint density at radius 3 is 2.94 bits per heavy atom. The maximum atomic E-state index is 12.3. The van der Waals surface area contributed by atoms with Crippen LogP contribution in [-0.4, -0.2) is 28.4 Å². The van der Waals surface area contributed by atoms with Crippen molar-refractivity contribution in [3.8, 4) is 0 Å². The molecule has 0 aromatic carbocycles.